The van der Waals surface area contributed by atoms with Crippen molar-refractivity contribution in [3.63, 3.8) is 0 Å². The molecule has 8 nitrogen and oxygen atoms in total. The molecule has 0 amide bonds. The second-order valence-corrected chi connectivity index (χ2v) is 17.2. The monoisotopic (exact) mass is 848 g/mol. The van der Waals surface area contributed by atoms with Gasteiger partial charge in [0.25, 0.3) is 0 Å². The molecule has 6 aromatic carbocycles. The van der Waals surface area contributed by atoms with Gasteiger partial charge >= 0.3 is 0 Å². The van der Waals surface area contributed by atoms with E-state index in [9.17, 15) is 19.2 Å². The molecule has 0 radical (unpaired) electrons. The van der Waals surface area contributed by atoms with E-state index in [1.807, 2.05) is 121 Å². The predicted molar refractivity (Wildman–Crippen MR) is 270 cm³/mol. The molecule has 0 atom stereocenters. The molecular formula is C56H56N4O4. The summed E-state index contributed by atoms with van der Waals surface area (Å²) in [4.78, 5) is 54.1. The molecule has 64 heavy (non-hydrogen) atoms. The normalized spacial score (nSPS) is 11.8. The zero-order valence-electron chi connectivity index (χ0n) is 37.5. The fourth-order valence-electron chi connectivity index (χ4n) is 9.71. The Bertz CT molecular complexity index is 3180. The highest BCUT2D eigenvalue weighted by Gasteiger charge is 2.19. The van der Waals surface area contributed by atoms with Gasteiger partial charge in [0.15, 0.2) is 21.7 Å². The third-order valence-corrected chi connectivity index (χ3v) is 13.1. The lowest BCUT2D eigenvalue weighted by Gasteiger charge is -2.18. The first kappa shape index (κ1) is 42.5. The van der Waals surface area contributed by atoms with Crippen LogP contribution < -0.4 is 21.7 Å². The van der Waals surface area contributed by atoms with E-state index in [4.69, 9.17) is 0 Å². The van der Waals surface area contributed by atoms with Crippen LogP contribution in [0.25, 0.3) is 87.2 Å². The summed E-state index contributed by atoms with van der Waals surface area (Å²) < 4.78 is 8.89. The van der Waals surface area contributed by atoms with Gasteiger partial charge in [-0.3, -0.25) is 19.2 Å². The average molecular weight is 849 g/mol. The first-order valence-corrected chi connectivity index (χ1v) is 23.3. The smallest absolute Gasteiger partial charge is 0.197 e. The van der Waals surface area contributed by atoms with Gasteiger partial charge < -0.3 is 18.3 Å². The van der Waals surface area contributed by atoms with Gasteiger partial charge in [-0.25, -0.2) is 0 Å². The Balaban J connectivity index is 0.000000162. The van der Waals surface area contributed by atoms with E-state index in [2.05, 4.69) is 46.0 Å². The highest BCUT2D eigenvalue weighted by molar-refractivity contribution is 6.05. The Kier molecular flexibility index (Phi) is 12.0. The fourth-order valence-corrected chi connectivity index (χ4v) is 9.71. The lowest BCUT2D eigenvalue weighted by Crippen LogP contribution is -2.15. The van der Waals surface area contributed by atoms with Gasteiger partial charge in [-0.2, -0.15) is 0 Å². The molecule has 0 aliphatic heterocycles. The van der Waals surface area contributed by atoms with Crippen LogP contribution >= 0.6 is 0 Å². The van der Waals surface area contributed by atoms with Crippen molar-refractivity contribution in [1.29, 1.82) is 0 Å². The number of nitrogens with zero attached hydrogens (tertiary/aromatic N) is 4. The van der Waals surface area contributed by atoms with Crippen LogP contribution in [0.5, 0.6) is 0 Å². The molecule has 8 heteroatoms. The van der Waals surface area contributed by atoms with E-state index in [0.717, 1.165) is 143 Å². The van der Waals surface area contributed by atoms with E-state index < -0.39 is 0 Å². The van der Waals surface area contributed by atoms with Crippen molar-refractivity contribution in [2.45, 2.75) is 105 Å². The molecule has 4 aromatic heterocycles. The van der Waals surface area contributed by atoms with E-state index in [0.29, 0.717) is 21.5 Å². The van der Waals surface area contributed by atoms with E-state index in [-0.39, 0.29) is 21.7 Å². The summed E-state index contributed by atoms with van der Waals surface area (Å²) in [5.74, 6) is 0. The van der Waals surface area contributed by atoms with Crippen molar-refractivity contribution in [1.82, 2.24) is 18.3 Å². The van der Waals surface area contributed by atoms with Gasteiger partial charge in [-0.15, -0.1) is 0 Å². The zero-order valence-corrected chi connectivity index (χ0v) is 37.5. The predicted octanol–water partition coefficient (Wildman–Crippen LogP) is 12.4. The molecule has 0 spiro atoms. The Morgan fingerprint density at radius 1 is 0.281 bits per heavy atom. The van der Waals surface area contributed by atoms with Gasteiger partial charge in [0.05, 0.1) is 44.1 Å². The van der Waals surface area contributed by atoms with Crippen molar-refractivity contribution >= 4 is 87.2 Å². The Morgan fingerprint density at radius 2 is 0.484 bits per heavy atom. The second-order valence-electron chi connectivity index (χ2n) is 17.2. The van der Waals surface area contributed by atoms with Crippen LogP contribution in [-0.4, -0.2) is 18.3 Å². The lowest BCUT2D eigenvalue weighted by atomic mass is 10.0. The molecule has 0 bridgehead atoms. The molecule has 0 aliphatic rings. The third-order valence-electron chi connectivity index (χ3n) is 13.1. The summed E-state index contributed by atoms with van der Waals surface area (Å²) in [5, 5.41) is 5.69. The van der Waals surface area contributed by atoms with E-state index >= 15 is 0 Å². The highest BCUT2D eigenvalue weighted by atomic mass is 16.1. The molecule has 0 saturated carbocycles. The number of benzene rings is 6. The molecule has 0 saturated heterocycles. The largest absolute Gasteiger partial charge is 0.340 e. The molecule has 0 N–H and O–H groups in total. The number of pyridine rings is 4. The van der Waals surface area contributed by atoms with Gasteiger partial charge in [0, 0.05) is 69.3 Å². The lowest BCUT2D eigenvalue weighted by molar-refractivity contribution is 0.660. The van der Waals surface area contributed by atoms with E-state index in [1.54, 1.807) is 0 Å². The number of fused-ring (bicyclic) bond motifs is 8. The summed E-state index contributed by atoms with van der Waals surface area (Å²) in [7, 11) is 0. The van der Waals surface area contributed by atoms with Crippen LogP contribution in [0.15, 0.2) is 141 Å². The minimum absolute atomic E-state index is 0.0351. The molecule has 4 heterocycles. The van der Waals surface area contributed by atoms with Crippen molar-refractivity contribution in [2.75, 3.05) is 0 Å². The first-order chi connectivity index (χ1) is 31.3. The van der Waals surface area contributed by atoms with Gasteiger partial charge in [-0.1, -0.05) is 102 Å². The minimum atomic E-state index is 0.0351. The number of aromatic nitrogens is 4. The molecule has 0 aliphatic carbocycles. The molecule has 0 unspecified atom stereocenters. The molecule has 0 fully saturated rings. The summed E-state index contributed by atoms with van der Waals surface area (Å²) in [6.45, 7) is 11.9. The standard InChI is InChI=1S/2C28H28N2O2/c2*1-3-5-15-29-23-13-9-7-11-19(23)27(31)21-18-26-22(17-25(21)29)28(32)20-12-8-10-14-24(20)30(26)16-6-4-2/h2*7-14,17-18H,3-6,15-16H2,1-2H3. The van der Waals surface area contributed by atoms with Crippen molar-refractivity contribution in [3.8, 4) is 0 Å². The van der Waals surface area contributed by atoms with Crippen LogP contribution in [0.2, 0.25) is 0 Å². The second kappa shape index (κ2) is 18.1. The minimum Gasteiger partial charge on any atom is -0.340 e. The topological polar surface area (TPSA) is 88.0 Å². The van der Waals surface area contributed by atoms with Crippen LogP contribution in [0, 0.1) is 0 Å². The number of para-hydroxylation sites is 4. The quantitative estimate of drug-likeness (QED) is 0.115. The molecule has 10 aromatic rings. The number of rotatable bonds is 12. The fraction of sp³-hybridized carbons (Fsp3) is 0.286. The third kappa shape index (κ3) is 7.28. The SMILES string of the molecule is CCCCn1c2ccccc2c(=O)c2cc3c(cc21)c(=O)c1ccccc1n3CCCC.CCCCn1c2ccccc2c(=O)c2cc3c(cc21)c(=O)c1ccccc1n3CCCC. The summed E-state index contributed by atoms with van der Waals surface area (Å²) in [6.07, 6.45) is 8.29. The van der Waals surface area contributed by atoms with Crippen molar-refractivity contribution in [3.05, 3.63) is 162 Å². The molecule has 324 valence electrons. The Hall–Kier alpha value is -6.80. The van der Waals surface area contributed by atoms with Gasteiger partial charge in [0.1, 0.15) is 0 Å². The first-order valence-electron chi connectivity index (χ1n) is 23.3. The molecule has 10 rings (SSSR count). The van der Waals surface area contributed by atoms with E-state index in [1.165, 1.54) is 0 Å². The number of hydrogen-bond acceptors (Lipinski definition) is 4. The van der Waals surface area contributed by atoms with Gasteiger partial charge in [0.2, 0.25) is 0 Å². The summed E-state index contributed by atoms with van der Waals surface area (Å²) >= 11 is 0. The maximum atomic E-state index is 13.5. The van der Waals surface area contributed by atoms with Gasteiger partial charge in [-0.05, 0) is 98.5 Å². The van der Waals surface area contributed by atoms with Crippen molar-refractivity contribution < 1.29 is 0 Å². The zero-order chi connectivity index (χ0) is 44.5. The van der Waals surface area contributed by atoms with Crippen LogP contribution in [0.3, 0.4) is 0 Å². The summed E-state index contributed by atoms with van der Waals surface area (Å²) in [5.41, 5.74) is 7.28. The maximum Gasteiger partial charge on any atom is 0.197 e. The number of aryl methyl sites for hydroxylation is 4. The Morgan fingerprint density at radius 3 is 0.688 bits per heavy atom. The highest BCUT2D eigenvalue weighted by Crippen LogP contribution is 2.29. The summed E-state index contributed by atoms with van der Waals surface area (Å²) in [6, 6.07) is 39.1. The Labute approximate surface area is 371 Å². The average Bonchev–Trinajstić information content (AvgIpc) is 3.33. The number of unbranched alkanes of at least 4 members (excludes halogenated alkanes) is 4. The maximum absolute atomic E-state index is 13.5. The number of hydrogen-bond donors (Lipinski definition) is 0. The van der Waals surface area contributed by atoms with Crippen molar-refractivity contribution in [2.24, 2.45) is 0 Å². The molecular weight excluding hydrogens is 793 g/mol. The van der Waals surface area contributed by atoms with Crippen LogP contribution in [0.4, 0.5) is 0 Å². The van der Waals surface area contributed by atoms with Crippen LogP contribution in [0.1, 0.15) is 79.1 Å². The van der Waals surface area contributed by atoms with Crippen LogP contribution in [-0.2, 0) is 26.2 Å².